The van der Waals surface area contributed by atoms with Crippen molar-refractivity contribution in [1.82, 2.24) is 5.43 Å². The van der Waals surface area contributed by atoms with Crippen LogP contribution in [0.1, 0.15) is 19.4 Å². The molecule has 0 aliphatic heterocycles. The molecule has 0 unspecified atom stereocenters. The summed E-state index contributed by atoms with van der Waals surface area (Å²) in [4.78, 5) is 12.1. The maximum Gasteiger partial charge on any atom is 0.244 e. The monoisotopic (exact) mass is 328 g/mol. The van der Waals surface area contributed by atoms with Gasteiger partial charge in [-0.3, -0.25) is 4.79 Å². The summed E-state index contributed by atoms with van der Waals surface area (Å²) in [6.45, 7) is 3.91. The minimum atomic E-state index is -0.392. The normalized spacial score (nSPS) is 22.9. The van der Waals surface area contributed by atoms with Gasteiger partial charge in [0, 0.05) is 5.56 Å². The molecule has 3 nitrogen and oxygen atoms in total. The number of nitrogens with zero attached hydrogens (tertiary/aromatic N) is 1. The SMILES string of the molecule is CC1(C)[C@H](C(=O)NN=Cc2ccccc2F)[C@@H]1C=C(Cl)Cl. The van der Waals surface area contributed by atoms with E-state index in [-0.39, 0.29) is 27.6 Å². The zero-order valence-corrected chi connectivity index (χ0v) is 13.1. The number of hydrazone groups is 1. The second kappa shape index (κ2) is 6.16. The lowest BCUT2D eigenvalue weighted by atomic mass is 10.1. The summed E-state index contributed by atoms with van der Waals surface area (Å²) in [5.74, 6) is -0.894. The van der Waals surface area contributed by atoms with E-state index in [9.17, 15) is 9.18 Å². The maximum absolute atomic E-state index is 13.4. The molecule has 0 saturated heterocycles. The fourth-order valence-electron chi connectivity index (χ4n) is 2.44. The largest absolute Gasteiger partial charge is 0.273 e. The predicted molar refractivity (Wildman–Crippen MR) is 82.7 cm³/mol. The van der Waals surface area contributed by atoms with Crippen LogP contribution < -0.4 is 5.43 Å². The van der Waals surface area contributed by atoms with Crippen molar-refractivity contribution in [2.24, 2.45) is 22.4 Å². The van der Waals surface area contributed by atoms with Gasteiger partial charge in [0.1, 0.15) is 10.3 Å². The number of hydrogen-bond acceptors (Lipinski definition) is 2. The second-order valence-corrected chi connectivity index (χ2v) is 6.54. The number of amides is 1. The van der Waals surface area contributed by atoms with Crippen LogP contribution >= 0.6 is 23.2 Å². The Hall–Kier alpha value is -1.39. The average Bonchev–Trinajstić information content (AvgIpc) is 2.92. The summed E-state index contributed by atoms with van der Waals surface area (Å²) in [6.07, 6.45) is 2.94. The van der Waals surface area contributed by atoms with Crippen LogP contribution in [0.3, 0.4) is 0 Å². The third-order valence-corrected chi connectivity index (χ3v) is 4.03. The van der Waals surface area contributed by atoms with Gasteiger partial charge in [0.05, 0.1) is 12.1 Å². The topological polar surface area (TPSA) is 41.5 Å². The van der Waals surface area contributed by atoms with E-state index in [0.717, 1.165) is 0 Å². The summed E-state index contributed by atoms with van der Waals surface area (Å²) in [5, 5.41) is 3.79. The van der Waals surface area contributed by atoms with Gasteiger partial charge in [-0.25, -0.2) is 9.82 Å². The van der Waals surface area contributed by atoms with E-state index in [1.165, 1.54) is 12.3 Å². The number of benzene rings is 1. The predicted octanol–water partition coefficient (Wildman–Crippen LogP) is 3.87. The summed E-state index contributed by atoms with van der Waals surface area (Å²) in [5.41, 5.74) is 2.52. The molecule has 1 aromatic rings. The van der Waals surface area contributed by atoms with Crippen molar-refractivity contribution in [1.29, 1.82) is 0 Å². The molecule has 1 saturated carbocycles. The van der Waals surface area contributed by atoms with Gasteiger partial charge >= 0.3 is 0 Å². The van der Waals surface area contributed by atoms with E-state index in [1.807, 2.05) is 13.8 Å². The number of carbonyl (C=O) groups excluding carboxylic acids is 1. The number of rotatable bonds is 4. The van der Waals surface area contributed by atoms with E-state index in [0.29, 0.717) is 5.56 Å². The van der Waals surface area contributed by atoms with Crippen LogP contribution in [-0.2, 0) is 4.79 Å². The number of halogens is 3. The van der Waals surface area contributed by atoms with Crippen LogP contribution in [0.15, 0.2) is 39.9 Å². The van der Waals surface area contributed by atoms with Gasteiger partial charge in [0.15, 0.2) is 0 Å². The number of hydrogen-bond donors (Lipinski definition) is 1. The van der Waals surface area contributed by atoms with Crippen molar-refractivity contribution in [2.75, 3.05) is 0 Å². The lowest BCUT2D eigenvalue weighted by Crippen LogP contribution is -2.22. The first-order chi connectivity index (χ1) is 9.84. The molecule has 0 bridgehead atoms. The molecule has 0 aromatic heterocycles. The number of carbonyl (C=O) groups is 1. The first kappa shape index (κ1) is 16.0. The highest BCUT2D eigenvalue weighted by Gasteiger charge is 2.60. The number of allylic oxidation sites excluding steroid dienone is 1. The Balaban J connectivity index is 1.97. The lowest BCUT2D eigenvalue weighted by Gasteiger charge is -2.01. The van der Waals surface area contributed by atoms with Gasteiger partial charge in [-0.05, 0) is 23.5 Å². The van der Waals surface area contributed by atoms with Crippen molar-refractivity contribution < 1.29 is 9.18 Å². The van der Waals surface area contributed by atoms with Crippen LogP contribution in [0.25, 0.3) is 0 Å². The van der Waals surface area contributed by atoms with E-state index in [2.05, 4.69) is 10.5 Å². The van der Waals surface area contributed by atoms with Gasteiger partial charge in [-0.1, -0.05) is 55.2 Å². The Morgan fingerprint density at radius 3 is 2.67 bits per heavy atom. The molecule has 2 rings (SSSR count). The quantitative estimate of drug-likeness (QED) is 0.661. The average molecular weight is 329 g/mol. The van der Waals surface area contributed by atoms with Crippen LogP contribution in [-0.4, -0.2) is 12.1 Å². The Kier molecular flexibility index (Phi) is 4.69. The summed E-state index contributed by atoms with van der Waals surface area (Å²) in [7, 11) is 0. The molecule has 0 heterocycles. The Bertz CT molecular complexity index is 609. The van der Waals surface area contributed by atoms with Gasteiger partial charge in [0.25, 0.3) is 0 Å². The zero-order valence-electron chi connectivity index (χ0n) is 11.6. The second-order valence-electron chi connectivity index (χ2n) is 5.54. The Labute approximate surface area is 132 Å². The van der Waals surface area contributed by atoms with Gasteiger partial charge in [-0.2, -0.15) is 5.10 Å². The third-order valence-electron chi connectivity index (χ3n) is 3.78. The molecule has 1 aliphatic carbocycles. The van der Waals surface area contributed by atoms with E-state index in [4.69, 9.17) is 23.2 Å². The molecule has 1 N–H and O–H groups in total. The van der Waals surface area contributed by atoms with Crippen LogP contribution in [0, 0.1) is 23.1 Å². The highest BCUT2D eigenvalue weighted by atomic mass is 35.5. The Morgan fingerprint density at radius 1 is 1.38 bits per heavy atom. The fourth-order valence-corrected chi connectivity index (χ4v) is 2.71. The van der Waals surface area contributed by atoms with Crippen molar-refractivity contribution in [3.05, 3.63) is 46.2 Å². The Morgan fingerprint density at radius 2 is 2.05 bits per heavy atom. The molecule has 112 valence electrons. The smallest absolute Gasteiger partial charge is 0.244 e. The standard InChI is InChI=1S/C15H15Cl2FN2O/c1-15(2)10(7-12(16)17)13(15)14(21)20-19-8-9-5-3-4-6-11(9)18/h3-8,10,13H,1-2H3,(H,20,21)/t10-,13-/m0/s1. The van der Waals surface area contributed by atoms with Crippen molar-refractivity contribution in [2.45, 2.75) is 13.8 Å². The van der Waals surface area contributed by atoms with Crippen LogP contribution in [0.2, 0.25) is 0 Å². The third kappa shape index (κ3) is 3.63. The molecular weight excluding hydrogens is 314 g/mol. The molecule has 6 heteroatoms. The van der Waals surface area contributed by atoms with E-state index in [1.54, 1.807) is 24.3 Å². The first-order valence-corrected chi connectivity index (χ1v) is 7.20. The molecule has 0 spiro atoms. The van der Waals surface area contributed by atoms with Crippen LogP contribution in [0.4, 0.5) is 4.39 Å². The molecule has 1 fully saturated rings. The molecule has 1 aromatic carbocycles. The zero-order chi connectivity index (χ0) is 15.6. The molecule has 1 amide bonds. The first-order valence-electron chi connectivity index (χ1n) is 6.44. The van der Waals surface area contributed by atoms with E-state index < -0.39 is 5.82 Å². The van der Waals surface area contributed by atoms with Gasteiger partial charge in [0.2, 0.25) is 5.91 Å². The lowest BCUT2D eigenvalue weighted by molar-refractivity contribution is -0.123. The van der Waals surface area contributed by atoms with Gasteiger partial charge < -0.3 is 0 Å². The maximum atomic E-state index is 13.4. The highest BCUT2D eigenvalue weighted by molar-refractivity contribution is 6.55. The van der Waals surface area contributed by atoms with Crippen molar-refractivity contribution in [3.8, 4) is 0 Å². The molecule has 21 heavy (non-hydrogen) atoms. The fraction of sp³-hybridized carbons (Fsp3) is 0.333. The van der Waals surface area contributed by atoms with Gasteiger partial charge in [-0.15, -0.1) is 0 Å². The van der Waals surface area contributed by atoms with Crippen molar-refractivity contribution in [3.63, 3.8) is 0 Å². The van der Waals surface area contributed by atoms with E-state index >= 15 is 0 Å². The van der Waals surface area contributed by atoms with Crippen LogP contribution in [0.5, 0.6) is 0 Å². The minimum absolute atomic E-state index is 0.0221. The van der Waals surface area contributed by atoms with Crippen molar-refractivity contribution >= 4 is 35.3 Å². The summed E-state index contributed by atoms with van der Waals surface area (Å²) >= 11 is 11.3. The number of nitrogens with one attached hydrogen (secondary N) is 1. The highest BCUT2D eigenvalue weighted by Crippen LogP contribution is 2.59. The molecule has 0 radical (unpaired) electrons. The molecule has 2 atom stereocenters. The minimum Gasteiger partial charge on any atom is -0.273 e. The molecular formula is C15H15Cl2FN2O. The molecule has 1 aliphatic rings. The summed E-state index contributed by atoms with van der Waals surface area (Å²) in [6, 6.07) is 6.19. The summed E-state index contributed by atoms with van der Waals surface area (Å²) < 4.78 is 13.5.